The number of unbranched alkanes of at least 4 members (excludes halogenated alkanes) is 9. The number of nitrogens with zero attached hydrogens (tertiary/aromatic N) is 1. The number of piperidine rings is 1. The average Bonchev–Trinajstić information content (AvgIpc) is 2.68. The molecule has 4 heteroatoms. The Morgan fingerprint density at radius 1 is 0.885 bits per heavy atom. The normalized spacial score (nSPS) is 19.2. The lowest BCUT2D eigenvalue weighted by Gasteiger charge is -2.37. The molecule has 1 fully saturated rings. The maximum absolute atomic E-state index is 9.39. The summed E-state index contributed by atoms with van der Waals surface area (Å²) in [7, 11) is 0. The molecule has 0 aromatic heterocycles. The lowest BCUT2D eigenvalue weighted by atomic mass is 9.90. The van der Waals surface area contributed by atoms with E-state index < -0.39 is 5.54 Å². The molecule has 0 amide bonds. The molecule has 0 aromatic carbocycles. The molecule has 1 unspecified atom stereocenters. The van der Waals surface area contributed by atoms with Gasteiger partial charge < -0.3 is 20.8 Å². The van der Waals surface area contributed by atoms with E-state index in [9.17, 15) is 10.2 Å². The predicted octanol–water partition coefficient (Wildman–Crippen LogP) is 4.22. The molecule has 0 radical (unpaired) electrons. The van der Waals surface area contributed by atoms with Crippen molar-refractivity contribution < 1.29 is 10.2 Å². The summed E-state index contributed by atoms with van der Waals surface area (Å²) in [5.74, 6) is 0. The zero-order chi connectivity index (χ0) is 19.1. The molecule has 156 valence electrons. The van der Waals surface area contributed by atoms with Gasteiger partial charge in [-0.2, -0.15) is 0 Å². The van der Waals surface area contributed by atoms with E-state index in [0.717, 1.165) is 6.42 Å². The minimum atomic E-state index is -0.805. The number of likely N-dealkylation sites (tertiary alicyclic amines) is 1. The van der Waals surface area contributed by atoms with Crippen LogP contribution in [-0.4, -0.2) is 53.0 Å². The third-order valence-electron chi connectivity index (χ3n) is 6.15. The van der Waals surface area contributed by atoms with Crippen LogP contribution in [0.4, 0.5) is 0 Å². The van der Waals surface area contributed by atoms with Crippen molar-refractivity contribution in [3.05, 3.63) is 0 Å². The number of aliphatic hydroxyl groups is 2. The summed E-state index contributed by atoms with van der Waals surface area (Å²) in [6.07, 6.45) is 19.4. The molecule has 0 spiro atoms. The topological polar surface area (TPSA) is 69.7 Å². The third-order valence-corrected chi connectivity index (χ3v) is 6.15. The van der Waals surface area contributed by atoms with Crippen LogP contribution in [0.3, 0.4) is 0 Å². The van der Waals surface area contributed by atoms with E-state index in [2.05, 4.69) is 11.8 Å². The second-order valence-corrected chi connectivity index (χ2v) is 8.58. The van der Waals surface area contributed by atoms with E-state index >= 15 is 0 Å². The monoisotopic (exact) mass is 370 g/mol. The van der Waals surface area contributed by atoms with E-state index in [-0.39, 0.29) is 13.2 Å². The fraction of sp³-hybridized carbons (Fsp3) is 1.00. The van der Waals surface area contributed by atoms with E-state index in [1.807, 2.05) is 0 Å². The van der Waals surface area contributed by atoms with Crippen molar-refractivity contribution >= 4 is 0 Å². The fourth-order valence-electron chi connectivity index (χ4n) is 4.15. The van der Waals surface area contributed by atoms with E-state index in [1.54, 1.807) is 0 Å². The molecule has 1 saturated heterocycles. The van der Waals surface area contributed by atoms with Crippen molar-refractivity contribution in [1.82, 2.24) is 4.90 Å². The molecule has 1 aliphatic heterocycles. The summed E-state index contributed by atoms with van der Waals surface area (Å²) in [4.78, 5) is 2.64. The van der Waals surface area contributed by atoms with Crippen molar-refractivity contribution in [2.45, 2.75) is 115 Å². The fourth-order valence-corrected chi connectivity index (χ4v) is 4.15. The van der Waals surface area contributed by atoms with Gasteiger partial charge in [-0.05, 0) is 45.2 Å². The van der Waals surface area contributed by atoms with Crippen LogP contribution in [0.1, 0.15) is 103 Å². The Kier molecular flexibility index (Phi) is 13.6. The Bertz CT molecular complexity index is 321. The SMILES string of the molecule is CCCCCCCCCCCCN1CCCCC1CCC(N)(CO)CO. The van der Waals surface area contributed by atoms with E-state index in [0.29, 0.717) is 12.5 Å². The maximum Gasteiger partial charge on any atom is 0.0633 e. The van der Waals surface area contributed by atoms with Crippen molar-refractivity contribution in [2.24, 2.45) is 5.73 Å². The second kappa shape index (κ2) is 14.8. The molecule has 0 saturated carbocycles. The van der Waals surface area contributed by atoms with Gasteiger partial charge in [0, 0.05) is 6.04 Å². The molecule has 1 atom stereocenters. The van der Waals surface area contributed by atoms with Crippen LogP contribution in [0.15, 0.2) is 0 Å². The Labute approximate surface area is 162 Å². The van der Waals surface area contributed by atoms with Crippen LogP contribution in [-0.2, 0) is 0 Å². The van der Waals surface area contributed by atoms with Crippen molar-refractivity contribution in [2.75, 3.05) is 26.3 Å². The second-order valence-electron chi connectivity index (χ2n) is 8.58. The number of rotatable bonds is 16. The van der Waals surface area contributed by atoms with Gasteiger partial charge in [0.1, 0.15) is 0 Å². The molecule has 1 heterocycles. The molecule has 4 N–H and O–H groups in total. The Morgan fingerprint density at radius 2 is 1.46 bits per heavy atom. The molecule has 0 bridgehead atoms. The first-order valence-corrected chi connectivity index (χ1v) is 11.4. The standard InChI is InChI=1S/C22H46N2O2/c1-2-3-4-5-6-7-8-9-10-12-17-24-18-13-11-14-21(24)15-16-22(23,19-25)20-26/h21,25-26H,2-20,23H2,1H3. The number of hydrogen-bond acceptors (Lipinski definition) is 4. The highest BCUT2D eigenvalue weighted by molar-refractivity contribution is 4.86. The largest absolute Gasteiger partial charge is 0.394 e. The number of nitrogens with two attached hydrogens (primary N) is 1. The average molecular weight is 371 g/mol. The van der Waals surface area contributed by atoms with Gasteiger partial charge in [-0.25, -0.2) is 0 Å². The van der Waals surface area contributed by atoms with E-state index in [4.69, 9.17) is 5.73 Å². The summed E-state index contributed by atoms with van der Waals surface area (Å²) in [6, 6.07) is 0.586. The van der Waals surface area contributed by atoms with Crippen LogP contribution in [0.5, 0.6) is 0 Å². The molecule has 0 aliphatic carbocycles. The quantitative estimate of drug-likeness (QED) is 0.356. The van der Waals surface area contributed by atoms with Gasteiger partial charge in [0.15, 0.2) is 0 Å². The van der Waals surface area contributed by atoms with Crippen LogP contribution in [0, 0.1) is 0 Å². The zero-order valence-electron chi connectivity index (χ0n) is 17.4. The molecule has 0 aromatic rings. The molecule has 1 aliphatic rings. The smallest absolute Gasteiger partial charge is 0.0633 e. The lowest BCUT2D eigenvalue weighted by molar-refractivity contribution is 0.0877. The molecule has 26 heavy (non-hydrogen) atoms. The Morgan fingerprint density at radius 3 is 2.04 bits per heavy atom. The summed E-state index contributed by atoms with van der Waals surface area (Å²) in [5, 5.41) is 18.8. The minimum absolute atomic E-state index is 0.130. The zero-order valence-corrected chi connectivity index (χ0v) is 17.4. The van der Waals surface area contributed by atoms with Crippen LogP contribution in [0.25, 0.3) is 0 Å². The first-order valence-electron chi connectivity index (χ1n) is 11.4. The number of hydrogen-bond donors (Lipinski definition) is 3. The summed E-state index contributed by atoms with van der Waals surface area (Å²) >= 11 is 0. The van der Waals surface area contributed by atoms with Gasteiger partial charge in [0.2, 0.25) is 0 Å². The highest BCUT2D eigenvalue weighted by Gasteiger charge is 2.28. The molecule has 4 nitrogen and oxygen atoms in total. The van der Waals surface area contributed by atoms with Crippen LogP contribution in [0.2, 0.25) is 0 Å². The van der Waals surface area contributed by atoms with Gasteiger partial charge in [0.05, 0.1) is 18.8 Å². The van der Waals surface area contributed by atoms with Crippen LogP contribution >= 0.6 is 0 Å². The Balaban J connectivity index is 2.11. The molecule has 1 rings (SSSR count). The summed E-state index contributed by atoms with van der Waals surface area (Å²) in [5.41, 5.74) is 5.24. The summed E-state index contributed by atoms with van der Waals surface area (Å²) < 4.78 is 0. The highest BCUT2D eigenvalue weighted by atomic mass is 16.3. The summed E-state index contributed by atoms with van der Waals surface area (Å²) in [6.45, 7) is 4.43. The van der Waals surface area contributed by atoms with Crippen molar-refractivity contribution in [3.63, 3.8) is 0 Å². The lowest BCUT2D eigenvalue weighted by Crippen LogP contribution is -2.49. The number of aliphatic hydroxyl groups excluding tert-OH is 2. The maximum atomic E-state index is 9.39. The van der Waals surface area contributed by atoms with Crippen molar-refractivity contribution in [3.8, 4) is 0 Å². The van der Waals surface area contributed by atoms with Gasteiger partial charge in [-0.3, -0.25) is 0 Å². The molecular formula is C22H46N2O2. The first kappa shape index (κ1) is 23.9. The third kappa shape index (κ3) is 10.2. The van der Waals surface area contributed by atoms with Gasteiger partial charge in [-0.1, -0.05) is 71.1 Å². The van der Waals surface area contributed by atoms with Gasteiger partial charge in [-0.15, -0.1) is 0 Å². The highest BCUT2D eigenvalue weighted by Crippen LogP contribution is 2.24. The van der Waals surface area contributed by atoms with Gasteiger partial charge >= 0.3 is 0 Å². The Hall–Kier alpha value is -0.160. The first-order chi connectivity index (χ1) is 12.6. The minimum Gasteiger partial charge on any atom is -0.394 e. The van der Waals surface area contributed by atoms with Crippen molar-refractivity contribution in [1.29, 1.82) is 0 Å². The van der Waals surface area contributed by atoms with Gasteiger partial charge in [0.25, 0.3) is 0 Å². The van der Waals surface area contributed by atoms with E-state index in [1.165, 1.54) is 96.6 Å². The van der Waals surface area contributed by atoms with Crippen LogP contribution < -0.4 is 5.73 Å². The predicted molar refractivity (Wildman–Crippen MR) is 111 cm³/mol. The molecular weight excluding hydrogens is 324 g/mol.